The molecule has 4 N–H and O–H groups in total. The number of amides is 2. The molecular weight excluding hydrogens is 452 g/mol. The Bertz CT molecular complexity index is 1250. The molecule has 0 saturated heterocycles. The van der Waals surface area contributed by atoms with E-state index in [1.165, 1.54) is 42.8 Å². The van der Waals surface area contributed by atoms with Gasteiger partial charge < -0.3 is 16.4 Å². The summed E-state index contributed by atoms with van der Waals surface area (Å²) in [6, 6.07) is 4.21. The lowest BCUT2D eigenvalue weighted by Gasteiger charge is -2.18. The zero-order chi connectivity index (χ0) is 24.8. The highest BCUT2D eigenvalue weighted by molar-refractivity contribution is 6.14. The molecule has 0 bridgehead atoms. The fourth-order valence-electron chi connectivity index (χ4n) is 3.29. The van der Waals surface area contributed by atoms with E-state index in [1.807, 2.05) is 12.2 Å². The van der Waals surface area contributed by atoms with Crippen molar-refractivity contribution in [2.45, 2.75) is 13.3 Å². The van der Waals surface area contributed by atoms with E-state index in [4.69, 9.17) is 5.73 Å². The van der Waals surface area contributed by atoms with Crippen molar-refractivity contribution in [2.24, 2.45) is 16.6 Å². The molecule has 3 rings (SSSR count). The molecule has 1 unspecified atom stereocenters. The van der Waals surface area contributed by atoms with Crippen LogP contribution < -0.4 is 16.4 Å². The number of halogens is 4. The summed E-state index contributed by atoms with van der Waals surface area (Å²) in [5, 5.41) is 4.24. The van der Waals surface area contributed by atoms with E-state index >= 15 is 4.39 Å². The van der Waals surface area contributed by atoms with Crippen molar-refractivity contribution in [1.29, 1.82) is 0 Å². The summed E-state index contributed by atoms with van der Waals surface area (Å²) >= 11 is 0. The van der Waals surface area contributed by atoms with Gasteiger partial charge in [0.15, 0.2) is 23.2 Å². The van der Waals surface area contributed by atoms with Crippen LogP contribution in [0.3, 0.4) is 0 Å². The molecule has 0 radical (unpaired) electrons. The van der Waals surface area contributed by atoms with E-state index < -0.39 is 46.3 Å². The van der Waals surface area contributed by atoms with Gasteiger partial charge in [-0.25, -0.2) is 22.4 Å². The highest BCUT2D eigenvalue weighted by Crippen LogP contribution is 2.29. The van der Waals surface area contributed by atoms with Crippen LogP contribution in [0.1, 0.15) is 23.7 Å². The van der Waals surface area contributed by atoms with Crippen LogP contribution in [0.5, 0.6) is 0 Å². The van der Waals surface area contributed by atoms with Crippen molar-refractivity contribution in [3.05, 3.63) is 95.4 Å². The quantitative estimate of drug-likeness (QED) is 0.296. The first-order valence-electron chi connectivity index (χ1n) is 10.1. The number of nitrogens with zero attached hydrogens (tertiary/aromatic N) is 1. The predicted molar refractivity (Wildman–Crippen MR) is 121 cm³/mol. The number of ketones is 1. The van der Waals surface area contributed by atoms with E-state index in [2.05, 4.69) is 10.3 Å². The van der Waals surface area contributed by atoms with Gasteiger partial charge in [-0.05, 0) is 36.8 Å². The summed E-state index contributed by atoms with van der Waals surface area (Å²) in [5.74, 6) is -6.75. The second-order valence-electron chi connectivity index (χ2n) is 7.19. The van der Waals surface area contributed by atoms with E-state index in [-0.39, 0.29) is 17.2 Å². The zero-order valence-electron chi connectivity index (χ0n) is 17.9. The number of benzene rings is 2. The maximum absolute atomic E-state index is 15.1. The number of anilines is 2. The SMILES string of the molecule is CCC1C=C(C(=O)c2c(F)c(F)cc(NC(=O)Nc3cccc(F)c3)c2F)C=C/C1=N/C=C\N. The second kappa shape index (κ2) is 10.6. The molecule has 34 heavy (non-hydrogen) atoms. The Balaban J connectivity index is 1.90. The zero-order valence-corrected chi connectivity index (χ0v) is 17.9. The number of hydrogen-bond acceptors (Lipinski definition) is 4. The number of allylic oxidation sites excluding steroid dienone is 4. The molecular formula is C24H20F4N4O2. The third-order valence-electron chi connectivity index (χ3n) is 4.92. The van der Waals surface area contributed by atoms with Crippen LogP contribution in [0.4, 0.5) is 33.7 Å². The highest BCUT2D eigenvalue weighted by Gasteiger charge is 2.28. The van der Waals surface area contributed by atoms with Crippen molar-refractivity contribution in [1.82, 2.24) is 0 Å². The molecule has 2 amide bonds. The Labute approximate surface area is 192 Å². The minimum atomic E-state index is -1.69. The number of aliphatic imine (C=N–C) groups is 1. The van der Waals surface area contributed by atoms with E-state index in [9.17, 15) is 22.8 Å². The standard InChI is InChI=1S/C24H20F4N4O2/c1-2-13-10-14(6-7-18(13)30-9-8-29)23(33)20-21(27)17(26)12-19(22(20)28)32-24(34)31-16-5-3-4-15(25)11-16/h3-13H,2,29H2,1H3,(H2,31,32,34)/b9-8-,30-18-. The number of carbonyl (C=O) groups is 2. The van der Waals surface area contributed by atoms with Crippen molar-refractivity contribution in [3.63, 3.8) is 0 Å². The maximum Gasteiger partial charge on any atom is 0.323 e. The van der Waals surface area contributed by atoms with Crippen molar-refractivity contribution in [2.75, 3.05) is 10.6 Å². The summed E-state index contributed by atoms with van der Waals surface area (Å²) in [6.45, 7) is 1.83. The first-order chi connectivity index (χ1) is 16.2. The van der Waals surface area contributed by atoms with Gasteiger partial charge in [0, 0.05) is 41.4 Å². The Kier molecular flexibility index (Phi) is 7.62. The number of carbonyl (C=O) groups excluding carboxylic acids is 2. The Morgan fingerprint density at radius 3 is 2.53 bits per heavy atom. The molecule has 0 aliphatic heterocycles. The highest BCUT2D eigenvalue weighted by atomic mass is 19.2. The van der Waals surface area contributed by atoms with Gasteiger partial charge in [-0.2, -0.15) is 0 Å². The van der Waals surface area contributed by atoms with Gasteiger partial charge in [-0.3, -0.25) is 9.79 Å². The number of nitrogens with one attached hydrogen (secondary N) is 2. The molecule has 0 spiro atoms. The second-order valence-corrected chi connectivity index (χ2v) is 7.19. The summed E-state index contributed by atoms with van der Waals surface area (Å²) < 4.78 is 57.1. The van der Waals surface area contributed by atoms with Gasteiger partial charge >= 0.3 is 6.03 Å². The molecule has 0 fully saturated rings. The topological polar surface area (TPSA) is 96.6 Å². The number of Topliss-reactive ketones (excluding diaryl/α,β-unsaturated/α-hetero) is 1. The Morgan fingerprint density at radius 2 is 1.85 bits per heavy atom. The normalized spacial score (nSPS) is 16.6. The van der Waals surface area contributed by atoms with E-state index in [0.29, 0.717) is 18.2 Å². The van der Waals surface area contributed by atoms with Crippen molar-refractivity contribution in [3.8, 4) is 0 Å². The molecule has 6 nitrogen and oxygen atoms in total. The van der Waals surface area contributed by atoms with Crippen LogP contribution in [-0.2, 0) is 0 Å². The van der Waals surface area contributed by atoms with Crippen LogP contribution in [0.2, 0.25) is 0 Å². The first kappa shape index (κ1) is 24.4. The van der Waals surface area contributed by atoms with Gasteiger partial charge in [0.25, 0.3) is 0 Å². The average molecular weight is 472 g/mol. The largest absolute Gasteiger partial charge is 0.403 e. The number of nitrogens with two attached hydrogens (primary N) is 1. The molecule has 2 aromatic rings. The van der Waals surface area contributed by atoms with Crippen molar-refractivity contribution >= 4 is 28.9 Å². The third-order valence-corrected chi connectivity index (χ3v) is 4.92. The monoisotopic (exact) mass is 472 g/mol. The number of urea groups is 1. The molecule has 10 heteroatoms. The lowest BCUT2D eigenvalue weighted by Crippen LogP contribution is -2.22. The molecule has 0 heterocycles. The molecule has 176 valence electrons. The fourth-order valence-corrected chi connectivity index (χ4v) is 3.29. The van der Waals surface area contributed by atoms with Crippen LogP contribution in [0.25, 0.3) is 0 Å². The van der Waals surface area contributed by atoms with Gasteiger partial charge in [0.1, 0.15) is 5.82 Å². The Morgan fingerprint density at radius 1 is 1.09 bits per heavy atom. The third kappa shape index (κ3) is 5.40. The summed E-state index contributed by atoms with van der Waals surface area (Å²) in [6.07, 6.45) is 7.40. The maximum atomic E-state index is 15.1. The summed E-state index contributed by atoms with van der Waals surface area (Å²) in [4.78, 5) is 29.2. The first-order valence-corrected chi connectivity index (χ1v) is 10.1. The van der Waals surface area contributed by atoms with Crippen molar-refractivity contribution < 1.29 is 27.2 Å². The fraction of sp³-hybridized carbons (Fsp3) is 0.125. The number of hydrogen-bond donors (Lipinski definition) is 3. The van der Waals surface area contributed by atoms with Gasteiger partial charge in [-0.15, -0.1) is 0 Å². The Hall–Kier alpha value is -4.21. The molecule has 0 aromatic heterocycles. The minimum absolute atomic E-state index is 0.0434. The van der Waals surface area contributed by atoms with E-state index in [1.54, 1.807) is 0 Å². The smallest absolute Gasteiger partial charge is 0.323 e. The molecule has 0 saturated carbocycles. The van der Waals surface area contributed by atoms with Crippen LogP contribution in [0.15, 0.2) is 71.5 Å². The van der Waals surface area contributed by atoms with E-state index in [0.717, 1.165) is 12.1 Å². The summed E-state index contributed by atoms with van der Waals surface area (Å²) in [7, 11) is 0. The summed E-state index contributed by atoms with van der Waals surface area (Å²) in [5.41, 5.74) is 3.91. The number of rotatable bonds is 6. The van der Waals surface area contributed by atoms with Crippen LogP contribution in [-0.4, -0.2) is 17.5 Å². The van der Waals surface area contributed by atoms with Crippen LogP contribution >= 0.6 is 0 Å². The minimum Gasteiger partial charge on any atom is -0.403 e. The average Bonchev–Trinajstić information content (AvgIpc) is 2.81. The molecule has 1 aliphatic rings. The molecule has 2 aromatic carbocycles. The van der Waals surface area contributed by atoms with Crippen LogP contribution in [0, 0.1) is 29.2 Å². The lowest BCUT2D eigenvalue weighted by molar-refractivity contribution is 0.102. The van der Waals surface area contributed by atoms with Gasteiger partial charge in [0.2, 0.25) is 0 Å². The molecule has 1 atom stereocenters. The van der Waals surface area contributed by atoms with Gasteiger partial charge in [-0.1, -0.05) is 19.1 Å². The molecule has 1 aliphatic carbocycles. The van der Waals surface area contributed by atoms with Gasteiger partial charge in [0.05, 0.1) is 11.3 Å². The lowest BCUT2D eigenvalue weighted by atomic mass is 9.88. The predicted octanol–water partition coefficient (Wildman–Crippen LogP) is 5.46.